The normalized spacial score (nSPS) is 12.7. The number of benzene rings is 2. The van der Waals surface area contributed by atoms with Crippen molar-refractivity contribution in [2.45, 2.75) is 25.9 Å². The molecule has 1 atom stereocenters. The smallest absolute Gasteiger partial charge is 0.123 e. The van der Waals surface area contributed by atoms with Crippen LogP contribution in [0.2, 0.25) is 0 Å². The van der Waals surface area contributed by atoms with E-state index in [2.05, 4.69) is 35.0 Å². The number of hydrogen-bond acceptors (Lipinski definition) is 1. The van der Waals surface area contributed by atoms with Crippen molar-refractivity contribution in [3.05, 3.63) is 71.7 Å². The minimum Gasteiger partial charge on any atom is -0.343 e. The first-order valence-corrected chi connectivity index (χ1v) is 7.19. The molecule has 0 saturated heterocycles. The van der Waals surface area contributed by atoms with Crippen LogP contribution in [0.25, 0.3) is 10.9 Å². The van der Waals surface area contributed by atoms with Crippen LogP contribution >= 0.6 is 0 Å². The van der Waals surface area contributed by atoms with Gasteiger partial charge in [0.15, 0.2) is 0 Å². The summed E-state index contributed by atoms with van der Waals surface area (Å²) >= 11 is 0. The summed E-state index contributed by atoms with van der Waals surface area (Å²) in [5, 5.41) is 1.21. The Balaban J connectivity index is 1.92. The van der Waals surface area contributed by atoms with E-state index in [-0.39, 0.29) is 11.9 Å². The van der Waals surface area contributed by atoms with Crippen molar-refractivity contribution >= 4 is 10.9 Å². The summed E-state index contributed by atoms with van der Waals surface area (Å²) in [6.45, 7) is 2.76. The van der Waals surface area contributed by atoms with Crippen LogP contribution in [0.5, 0.6) is 0 Å². The zero-order valence-corrected chi connectivity index (χ0v) is 12.1. The molecule has 0 spiro atoms. The topological polar surface area (TPSA) is 30.9 Å². The predicted molar refractivity (Wildman–Crippen MR) is 84.8 cm³/mol. The van der Waals surface area contributed by atoms with Crippen LogP contribution in [0.15, 0.2) is 54.7 Å². The zero-order chi connectivity index (χ0) is 14.8. The molecule has 1 unspecified atom stereocenters. The summed E-state index contributed by atoms with van der Waals surface area (Å²) in [4.78, 5) is 0. The molecule has 3 aromatic rings. The molecule has 1 heterocycles. The first-order valence-electron chi connectivity index (χ1n) is 7.19. The lowest BCUT2D eigenvalue weighted by molar-refractivity contribution is 0.626. The maximum Gasteiger partial charge on any atom is 0.123 e. The molecule has 1 aromatic heterocycles. The van der Waals surface area contributed by atoms with Gasteiger partial charge in [0.1, 0.15) is 5.82 Å². The molecule has 3 heteroatoms. The van der Waals surface area contributed by atoms with E-state index in [0.717, 1.165) is 18.5 Å². The fourth-order valence-electron chi connectivity index (χ4n) is 2.65. The lowest BCUT2D eigenvalue weighted by Gasteiger charge is -2.09. The summed E-state index contributed by atoms with van der Waals surface area (Å²) in [6.07, 6.45) is 2.95. The van der Waals surface area contributed by atoms with E-state index in [1.54, 1.807) is 0 Å². The molecule has 0 fully saturated rings. The second-order valence-electron chi connectivity index (χ2n) is 5.64. The number of fused-ring (bicyclic) bond motifs is 1. The second-order valence-corrected chi connectivity index (χ2v) is 5.64. The highest BCUT2D eigenvalue weighted by atomic mass is 19.1. The predicted octanol–water partition coefficient (Wildman–Crippen LogP) is 3.72. The van der Waals surface area contributed by atoms with Gasteiger partial charge in [-0.2, -0.15) is 0 Å². The molecule has 0 bridgehead atoms. The summed E-state index contributed by atoms with van der Waals surface area (Å²) in [5.74, 6) is -0.199. The van der Waals surface area contributed by atoms with Crippen molar-refractivity contribution in [2.24, 2.45) is 5.73 Å². The highest BCUT2D eigenvalue weighted by Crippen LogP contribution is 2.20. The zero-order valence-electron chi connectivity index (χ0n) is 12.1. The van der Waals surface area contributed by atoms with Crippen molar-refractivity contribution in [3.8, 4) is 0 Å². The lowest BCUT2D eigenvalue weighted by Crippen LogP contribution is -2.17. The Bertz CT molecular complexity index is 742. The van der Waals surface area contributed by atoms with Crippen LogP contribution < -0.4 is 5.73 Å². The first-order chi connectivity index (χ1) is 10.1. The average molecular weight is 282 g/mol. The van der Waals surface area contributed by atoms with Gasteiger partial charge in [-0.15, -0.1) is 0 Å². The van der Waals surface area contributed by atoms with Crippen molar-refractivity contribution in [3.63, 3.8) is 0 Å². The average Bonchev–Trinajstić information content (AvgIpc) is 2.83. The van der Waals surface area contributed by atoms with Crippen molar-refractivity contribution in [1.29, 1.82) is 0 Å². The largest absolute Gasteiger partial charge is 0.343 e. The van der Waals surface area contributed by atoms with Gasteiger partial charge in [0.05, 0.1) is 0 Å². The van der Waals surface area contributed by atoms with Gasteiger partial charge < -0.3 is 10.3 Å². The fraction of sp³-hybridized carbons (Fsp3) is 0.222. The van der Waals surface area contributed by atoms with Gasteiger partial charge in [0.25, 0.3) is 0 Å². The number of hydrogen-bond donors (Lipinski definition) is 1. The molecule has 0 aliphatic heterocycles. The second kappa shape index (κ2) is 5.70. The molecule has 0 aliphatic rings. The van der Waals surface area contributed by atoms with Crippen LogP contribution in [0.3, 0.4) is 0 Å². The van der Waals surface area contributed by atoms with Crippen molar-refractivity contribution < 1.29 is 4.39 Å². The van der Waals surface area contributed by atoms with E-state index in [1.807, 2.05) is 19.1 Å². The summed E-state index contributed by atoms with van der Waals surface area (Å²) < 4.78 is 15.2. The Labute approximate surface area is 124 Å². The summed E-state index contributed by atoms with van der Waals surface area (Å²) in [6, 6.07) is 15.4. The molecule has 2 N–H and O–H groups in total. The van der Waals surface area contributed by atoms with Crippen LogP contribution in [0.1, 0.15) is 18.1 Å². The molecule has 2 nitrogen and oxygen atoms in total. The number of nitrogens with zero attached hydrogens (tertiary/aromatic N) is 1. The van der Waals surface area contributed by atoms with E-state index in [1.165, 1.54) is 28.6 Å². The van der Waals surface area contributed by atoms with E-state index in [9.17, 15) is 4.39 Å². The van der Waals surface area contributed by atoms with E-state index in [4.69, 9.17) is 5.73 Å². The Morgan fingerprint density at radius 2 is 1.76 bits per heavy atom. The highest BCUT2D eigenvalue weighted by Gasteiger charge is 2.05. The van der Waals surface area contributed by atoms with Gasteiger partial charge >= 0.3 is 0 Å². The van der Waals surface area contributed by atoms with Crippen molar-refractivity contribution in [1.82, 2.24) is 4.57 Å². The highest BCUT2D eigenvalue weighted by molar-refractivity contribution is 5.81. The molecule has 0 aliphatic carbocycles. The summed E-state index contributed by atoms with van der Waals surface area (Å²) in [5.41, 5.74) is 9.41. The van der Waals surface area contributed by atoms with E-state index < -0.39 is 0 Å². The van der Waals surface area contributed by atoms with Gasteiger partial charge in [0, 0.05) is 24.3 Å². The quantitative estimate of drug-likeness (QED) is 0.777. The monoisotopic (exact) mass is 282 g/mol. The maximum absolute atomic E-state index is 13.0. The molecular weight excluding hydrogens is 263 g/mol. The molecule has 0 radical (unpaired) electrons. The van der Waals surface area contributed by atoms with E-state index >= 15 is 0 Å². The third-order valence-corrected chi connectivity index (χ3v) is 3.66. The Kier molecular flexibility index (Phi) is 3.76. The number of aromatic nitrogens is 1. The number of halogens is 1. The number of nitrogens with two attached hydrogens (primary N) is 1. The van der Waals surface area contributed by atoms with Gasteiger partial charge in [-0.1, -0.05) is 24.3 Å². The minimum atomic E-state index is -0.199. The summed E-state index contributed by atoms with van der Waals surface area (Å²) in [7, 11) is 0. The maximum atomic E-state index is 13.0. The van der Waals surface area contributed by atoms with Crippen molar-refractivity contribution in [2.75, 3.05) is 0 Å². The standard InChI is InChI=1S/C18H19FN2/c1-13(20)10-15-2-5-16-8-9-21(18(16)11-15)12-14-3-6-17(19)7-4-14/h2-9,11,13H,10,12,20H2,1H3. The molecule has 2 aromatic carbocycles. The van der Waals surface area contributed by atoms with Gasteiger partial charge in [-0.25, -0.2) is 4.39 Å². The fourth-order valence-corrected chi connectivity index (χ4v) is 2.65. The van der Waals surface area contributed by atoms with Gasteiger partial charge in [-0.05, 0) is 54.1 Å². The van der Waals surface area contributed by atoms with E-state index in [0.29, 0.717) is 0 Å². The van der Waals surface area contributed by atoms with Crippen LogP contribution in [-0.4, -0.2) is 10.6 Å². The Morgan fingerprint density at radius 3 is 2.48 bits per heavy atom. The van der Waals surface area contributed by atoms with Crippen LogP contribution in [-0.2, 0) is 13.0 Å². The minimum absolute atomic E-state index is 0.156. The molecular formula is C18H19FN2. The SMILES string of the molecule is CC(N)Cc1ccc2ccn(Cc3ccc(F)cc3)c2c1. The van der Waals surface area contributed by atoms with Crippen LogP contribution in [0, 0.1) is 5.82 Å². The third kappa shape index (κ3) is 3.14. The molecule has 108 valence electrons. The molecule has 3 rings (SSSR count). The lowest BCUT2D eigenvalue weighted by atomic mass is 10.1. The van der Waals surface area contributed by atoms with Gasteiger partial charge in [0.2, 0.25) is 0 Å². The third-order valence-electron chi connectivity index (χ3n) is 3.66. The Hall–Kier alpha value is -2.13. The molecule has 0 amide bonds. The van der Waals surface area contributed by atoms with Crippen LogP contribution in [0.4, 0.5) is 4.39 Å². The number of rotatable bonds is 4. The Morgan fingerprint density at radius 1 is 1.05 bits per heavy atom. The first kappa shape index (κ1) is 13.8. The molecule has 21 heavy (non-hydrogen) atoms. The molecule has 0 saturated carbocycles. The van der Waals surface area contributed by atoms with Gasteiger partial charge in [-0.3, -0.25) is 0 Å².